The first-order chi connectivity index (χ1) is 7.98. The predicted molar refractivity (Wildman–Crippen MR) is 71.8 cm³/mol. The van der Waals surface area contributed by atoms with Crippen LogP contribution in [0.5, 0.6) is 0 Å². The fourth-order valence-electron chi connectivity index (χ4n) is 4.32. The fraction of sp³-hybridized carbons (Fsp3) is 0.812. The molecule has 0 aromatic heterocycles. The average molecular weight is 234 g/mol. The summed E-state index contributed by atoms with van der Waals surface area (Å²) >= 11 is 0. The zero-order valence-electron chi connectivity index (χ0n) is 11.8. The summed E-state index contributed by atoms with van der Waals surface area (Å²) in [5.74, 6) is 1.89. The lowest BCUT2D eigenvalue weighted by Crippen LogP contribution is -2.31. The Hall–Kier alpha value is -0.590. The van der Waals surface area contributed by atoms with Crippen molar-refractivity contribution in [3.8, 4) is 0 Å². The van der Waals surface area contributed by atoms with Crippen molar-refractivity contribution in [2.75, 3.05) is 0 Å². The lowest BCUT2D eigenvalue weighted by atomic mass is 9.66. The smallest absolute Gasteiger partial charge is 0.145 e. The Bertz CT molecular complexity index is 343. The highest BCUT2D eigenvalue weighted by Crippen LogP contribution is 2.75. The molecule has 2 saturated carbocycles. The van der Waals surface area contributed by atoms with Gasteiger partial charge in [-0.3, -0.25) is 4.79 Å². The molecule has 0 heterocycles. The Morgan fingerprint density at radius 2 is 2.12 bits per heavy atom. The van der Waals surface area contributed by atoms with E-state index in [0.29, 0.717) is 10.8 Å². The van der Waals surface area contributed by atoms with Gasteiger partial charge in [0.1, 0.15) is 6.29 Å². The molecular weight excluding hydrogens is 208 g/mol. The van der Waals surface area contributed by atoms with Gasteiger partial charge in [0.2, 0.25) is 0 Å². The summed E-state index contributed by atoms with van der Waals surface area (Å²) in [4.78, 5) is 10.6. The molecule has 0 spiro atoms. The van der Waals surface area contributed by atoms with Crippen molar-refractivity contribution in [3.05, 3.63) is 11.6 Å². The van der Waals surface area contributed by atoms with Crippen LogP contribution in [0.2, 0.25) is 0 Å². The van der Waals surface area contributed by atoms with Gasteiger partial charge >= 0.3 is 0 Å². The molecule has 0 bridgehead atoms. The SMILES string of the molecule is CCC1CC2CC2(C)C1(C)CCC=C(C)C=O. The zero-order chi connectivity index (χ0) is 12.7. The van der Waals surface area contributed by atoms with Crippen LogP contribution < -0.4 is 0 Å². The minimum absolute atomic E-state index is 0.506. The molecule has 0 aromatic carbocycles. The molecule has 2 rings (SSSR count). The topological polar surface area (TPSA) is 17.1 Å². The van der Waals surface area contributed by atoms with Gasteiger partial charge in [0.05, 0.1) is 0 Å². The molecular formula is C16H26O. The van der Waals surface area contributed by atoms with E-state index in [2.05, 4.69) is 26.8 Å². The Morgan fingerprint density at radius 1 is 1.41 bits per heavy atom. The normalized spacial score (nSPS) is 44.6. The third-order valence-corrected chi connectivity index (χ3v) is 5.99. The lowest BCUT2D eigenvalue weighted by Gasteiger charge is -2.39. The van der Waals surface area contributed by atoms with Gasteiger partial charge in [-0.15, -0.1) is 0 Å². The van der Waals surface area contributed by atoms with Crippen LogP contribution in [0.25, 0.3) is 0 Å². The van der Waals surface area contributed by atoms with Crippen LogP contribution in [0.3, 0.4) is 0 Å². The van der Waals surface area contributed by atoms with Crippen LogP contribution in [0, 0.1) is 22.7 Å². The standard InChI is InChI=1S/C16H26O/c1-5-13-9-14-10-16(14,4)15(13,3)8-6-7-12(2)11-17/h7,11,13-14H,5-6,8-10H2,1-4H3. The summed E-state index contributed by atoms with van der Waals surface area (Å²) in [5, 5.41) is 0. The van der Waals surface area contributed by atoms with Crippen molar-refractivity contribution in [1.29, 1.82) is 0 Å². The maximum Gasteiger partial charge on any atom is 0.145 e. The van der Waals surface area contributed by atoms with E-state index in [-0.39, 0.29) is 0 Å². The predicted octanol–water partition coefficient (Wildman–Crippen LogP) is 4.37. The number of carbonyl (C=O) groups is 1. The summed E-state index contributed by atoms with van der Waals surface area (Å²) in [5.41, 5.74) is 2.00. The van der Waals surface area contributed by atoms with Crippen molar-refractivity contribution in [3.63, 3.8) is 0 Å². The molecule has 1 heteroatoms. The third kappa shape index (κ3) is 1.88. The quantitative estimate of drug-likeness (QED) is 0.510. The summed E-state index contributed by atoms with van der Waals surface area (Å²) in [6, 6.07) is 0. The minimum Gasteiger partial charge on any atom is -0.298 e. The van der Waals surface area contributed by atoms with Crippen molar-refractivity contribution >= 4 is 6.29 Å². The first-order valence-corrected chi connectivity index (χ1v) is 7.10. The fourth-order valence-corrected chi connectivity index (χ4v) is 4.32. The molecule has 0 saturated heterocycles. The number of hydrogen-bond donors (Lipinski definition) is 0. The second-order valence-corrected chi connectivity index (χ2v) is 6.68. The molecule has 96 valence electrons. The molecule has 0 aromatic rings. The molecule has 4 atom stereocenters. The largest absolute Gasteiger partial charge is 0.298 e. The maximum atomic E-state index is 10.6. The van der Waals surface area contributed by atoms with Crippen molar-refractivity contribution in [2.24, 2.45) is 22.7 Å². The minimum atomic E-state index is 0.506. The summed E-state index contributed by atoms with van der Waals surface area (Å²) in [7, 11) is 0. The molecule has 0 aliphatic heterocycles. The highest BCUT2D eigenvalue weighted by Gasteiger charge is 2.67. The van der Waals surface area contributed by atoms with E-state index < -0.39 is 0 Å². The van der Waals surface area contributed by atoms with Gasteiger partial charge in [0.25, 0.3) is 0 Å². The van der Waals surface area contributed by atoms with E-state index in [1.54, 1.807) is 0 Å². The molecule has 0 amide bonds. The van der Waals surface area contributed by atoms with Gasteiger partial charge in [0.15, 0.2) is 0 Å². The lowest BCUT2D eigenvalue weighted by molar-refractivity contribution is -0.104. The Morgan fingerprint density at radius 3 is 2.71 bits per heavy atom. The highest BCUT2D eigenvalue weighted by molar-refractivity contribution is 5.71. The van der Waals surface area contributed by atoms with E-state index >= 15 is 0 Å². The summed E-state index contributed by atoms with van der Waals surface area (Å²) < 4.78 is 0. The van der Waals surface area contributed by atoms with Gasteiger partial charge in [-0.25, -0.2) is 0 Å². The van der Waals surface area contributed by atoms with Gasteiger partial charge in [-0.1, -0.05) is 33.3 Å². The number of hydrogen-bond acceptors (Lipinski definition) is 1. The Labute approximate surface area is 106 Å². The van der Waals surface area contributed by atoms with Crippen molar-refractivity contribution in [1.82, 2.24) is 0 Å². The van der Waals surface area contributed by atoms with Gasteiger partial charge < -0.3 is 0 Å². The Kier molecular flexibility index (Phi) is 3.22. The number of rotatable bonds is 5. The van der Waals surface area contributed by atoms with E-state index in [1.165, 1.54) is 25.7 Å². The molecule has 17 heavy (non-hydrogen) atoms. The number of aldehydes is 1. The second kappa shape index (κ2) is 4.26. The van der Waals surface area contributed by atoms with Crippen molar-refractivity contribution < 1.29 is 4.79 Å². The van der Waals surface area contributed by atoms with Crippen LogP contribution in [-0.4, -0.2) is 6.29 Å². The van der Waals surface area contributed by atoms with E-state index in [1.807, 2.05) is 6.92 Å². The molecule has 2 aliphatic rings. The van der Waals surface area contributed by atoms with Crippen LogP contribution in [0.15, 0.2) is 11.6 Å². The van der Waals surface area contributed by atoms with E-state index in [9.17, 15) is 4.79 Å². The average Bonchev–Trinajstić information content (AvgIpc) is 2.92. The van der Waals surface area contributed by atoms with Crippen LogP contribution in [0.4, 0.5) is 0 Å². The maximum absolute atomic E-state index is 10.6. The molecule has 2 aliphatic carbocycles. The van der Waals surface area contributed by atoms with Crippen LogP contribution in [0.1, 0.15) is 59.8 Å². The molecule has 1 nitrogen and oxygen atoms in total. The van der Waals surface area contributed by atoms with Gasteiger partial charge in [-0.2, -0.15) is 0 Å². The summed E-state index contributed by atoms with van der Waals surface area (Å²) in [6.45, 7) is 9.23. The number of fused-ring (bicyclic) bond motifs is 1. The van der Waals surface area contributed by atoms with Crippen molar-refractivity contribution in [2.45, 2.75) is 59.8 Å². The first kappa shape index (κ1) is 12.9. The molecule has 4 unspecified atom stereocenters. The third-order valence-electron chi connectivity index (χ3n) is 5.99. The van der Waals surface area contributed by atoms with Crippen LogP contribution in [-0.2, 0) is 4.79 Å². The highest BCUT2D eigenvalue weighted by atomic mass is 16.1. The number of carbonyl (C=O) groups excluding carboxylic acids is 1. The molecule has 2 fully saturated rings. The monoisotopic (exact) mass is 234 g/mol. The van der Waals surface area contributed by atoms with Crippen LogP contribution >= 0.6 is 0 Å². The van der Waals surface area contributed by atoms with E-state index in [0.717, 1.165) is 30.1 Å². The van der Waals surface area contributed by atoms with Gasteiger partial charge in [-0.05, 0) is 60.8 Å². The first-order valence-electron chi connectivity index (χ1n) is 7.10. The summed E-state index contributed by atoms with van der Waals surface area (Å²) in [6.07, 6.45) is 9.61. The number of allylic oxidation sites excluding steroid dienone is 2. The van der Waals surface area contributed by atoms with E-state index in [4.69, 9.17) is 0 Å². The molecule has 0 N–H and O–H groups in total. The van der Waals surface area contributed by atoms with Gasteiger partial charge in [0, 0.05) is 0 Å². The molecule has 0 radical (unpaired) electrons. The Balaban J connectivity index is 2.04. The zero-order valence-corrected chi connectivity index (χ0v) is 11.8. The second-order valence-electron chi connectivity index (χ2n) is 6.68.